The lowest BCUT2D eigenvalue weighted by molar-refractivity contribution is -0.163. The van der Waals surface area contributed by atoms with Gasteiger partial charge in [0.15, 0.2) is 0 Å². The van der Waals surface area contributed by atoms with E-state index < -0.39 is 29.3 Å². The molecule has 0 aromatic heterocycles. The van der Waals surface area contributed by atoms with E-state index in [0.29, 0.717) is 0 Å². The standard InChI is InChI=1S/C14H14N4O6/c1-8(17-24-2)14(11(20)15-13(22)16-12(14)21)18(23)10(19)9-6-4-3-5-7-9/h3-7,23H,1-2H3,(H2,15,16,20,21,22). The Kier molecular flexibility index (Phi) is 4.60. The Balaban J connectivity index is 2.57. The number of urea groups is 1. The fourth-order valence-electron chi connectivity index (χ4n) is 2.25. The number of rotatable bonds is 4. The summed E-state index contributed by atoms with van der Waals surface area (Å²) >= 11 is 0. The van der Waals surface area contributed by atoms with Crippen molar-refractivity contribution < 1.29 is 29.2 Å². The number of hydroxylamine groups is 2. The molecule has 126 valence electrons. The van der Waals surface area contributed by atoms with Gasteiger partial charge in [-0.2, -0.15) is 5.06 Å². The van der Waals surface area contributed by atoms with Crippen LogP contribution in [-0.2, 0) is 14.4 Å². The van der Waals surface area contributed by atoms with Gasteiger partial charge in [0.2, 0.25) is 0 Å². The van der Waals surface area contributed by atoms with Crippen molar-refractivity contribution in [3.05, 3.63) is 35.9 Å². The third kappa shape index (κ3) is 2.58. The van der Waals surface area contributed by atoms with Gasteiger partial charge in [-0.15, -0.1) is 0 Å². The predicted octanol–water partition coefficient (Wildman–Crippen LogP) is -0.355. The van der Waals surface area contributed by atoms with E-state index in [9.17, 15) is 24.4 Å². The molecule has 1 aliphatic rings. The smallest absolute Gasteiger partial charge is 0.328 e. The van der Waals surface area contributed by atoms with Crippen molar-refractivity contribution >= 4 is 29.5 Å². The average Bonchev–Trinajstić information content (AvgIpc) is 2.54. The third-order valence-electron chi connectivity index (χ3n) is 3.39. The van der Waals surface area contributed by atoms with E-state index in [-0.39, 0.29) is 16.3 Å². The molecule has 0 saturated carbocycles. The summed E-state index contributed by atoms with van der Waals surface area (Å²) in [6.07, 6.45) is 0. The lowest BCUT2D eigenvalue weighted by Crippen LogP contribution is -2.76. The van der Waals surface area contributed by atoms with Crippen LogP contribution in [-0.4, -0.2) is 52.4 Å². The fourth-order valence-corrected chi connectivity index (χ4v) is 2.25. The minimum absolute atomic E-state index is 0.0158. The van der Waals surface area contributed by atoms with Crippen LogP contribution in [0.15, 0.2) is 35.5 Å². The van der Waals surface area contributed by atoms with Crippen LogP contribution in [0.3, 0.4) is 0 Å². The summed E-state index contributed by atoms with van der Waals surface area (Å²) in [6.45, 7) is 1.19. The van der Waals surface area contributed by atoms with E-state index in [2.05, 4.69) is 9.99 Å². The second kappa shape index (κ2) is 6.46. The highest BCUT2D eigenvalue weighted by molar-refractivity contribution is 6.36. The number of carbonyl (C=O) groups excluding carboxylic acids is 4. The molecule has 10 nitrogen and oxygen atoms in total. The molecule has 1 aromatic rings. The number of hydrogen-bond acceptors (Lipinski definition) is 7. The normalized spacial score (nSPS) is 17.0. The molecule has 0 spiro atoms. The first-order valence-electron chi connectivity index (χ1n) is 6.69. The zero-order valence-corrected chi connectivity index (χ0v) is 12.8. The van der Waals surface area contributed by atoms with Gasteiger partial charge >= 0.3 is 6.03 Å². The van der Waals surface area contributed by atoms with Gasteiger partial charge in [0, 0.05) is 5.56 Å². The maximum Gasteiger partial charge on any atom is 0.328 e. The van der Waals surface area contributed by atoms with E-state index in [0.717, 1.165) is 7.11 Å². The monoisotopic (exact) mass is 334 g/mol. The zero-order valence-electron chi connectivity index (χ0n) is 12.8. The Morgan fingerprint density at radius 3 is 2.21 bits per heavy atom. The predicted molar refractivity (Wildman–Crippen MR) is 78.9 cm³/mol. The molecule has 5 amide bonds. The number of hydrogen-bond donors (Lipinski definition) is 3. The van der Waals surface area contributed by atoms with Crippen molar-refractivity contribution in [1.82, 2.24) is 15.7 Å². The van der Waals surface area contributed by atoms with Gasteiger partial charge in [0.1, 0.15) is 12.8 Å². The summed E-state index contributed by atoms with van der Waals surface area (Å²) < 4.78 is 0. The van der Waals surface area contributed by atoms with E-state index in [4.69, 9.17) is 0 Å². The number of benzene rings is 1. The van der Waals surface area contributed by atoms with Crippen LogP contribution in [0.1, 0.15) is 17.3 Å². The van der Waals surface area contributed by atoms with Crippen molar-refractivity contribution in [3.63, 3.8) is 0 Å². The van der Waals surface area contributed by atoms with Gasteiger partial charge in [0.05, 0.1) is 0 Å². The fraction of sp³-hybridized carbons (Fsp3) is 0.214. The second-order valence-corrected chi connectivity index (χ2v) is 4.79. The van der Waals surface area contributed by atoms with Gasteiger partial charge < -0.3 is 4.84 Å². The van der Waals surface area contributed by atoms with Crippen LogP contribution < -0.4 is 10.6 Å². The molecule has 0 atom stereocenters. The molecule has 24 heavy (non-hydrogen) atoms. The first kappa shape index (κ1) is 17.1. The lowest BCUT2D eigenvalue weighted by atomic mass is 9.89. The van der Waals surface area contributed by atoms with E-state index in [1.54, 1.807) is 6.07 Å². The lowest BCUT2D eigenvalue weighted by Gasteiger charge is -2.38. The minimum atomic E-state index is -2.59. The van der Waals surface area contributed by atoms with Crippen LogP contribution in [0.5, 0.6) is 0 Å². The summed E-state index contributed by atoms with van der Waals surface area (Å²) in [7, 11) is 1.15. The summed E-state index contributed by atoms with van der Waals surface area (Å²) in [4.78, 5) is 53.0. The molecule has 0 radical (unpaired) electrons. The van der Waals surface area contributed by atoms with Crippen LogP contribution in [0.25, 0.3) is 0 Å². The van der Waals surface area contributed by atoms with E-state index >= 15 is 0 Å². The molecular weight excluding hydrogens is 320 g/mol. The van der Waals surface area contributed by atoms with E-state index in [1.165, 1.54) is 31.2 Å². The topological polar surface area (TPSA) is 137 Å². The average molecular weight is 334 g/mol. The molecule has 10 heteroatoms. The van der Waals surface area contributed by atoms with Crippen molar-refractivity contribution in [2.75, 3.05) is 7.11 Å². The number of nitrogens with zero attached hydrogens (tertiary/aromatic N) is 2. The quantitative estimate of drug-likeness (QED) is 0.298. The largest absolute Gasteiger partial charge is 0.399 e. The molecule has 0 aliphatic carbocycles. The number of nitrogens with one attached hydrogen (secondary N) is 2. The maximum absolute atomic E-state index is 12.5. The van der Waals surface area contributed by atoms with Crippen LogP contribution >= 0.6 is 0 Å². The Morgan fingerprint density at radius 2 is 1.71 bits per heavy atom. The molecule has 1 heterocycles. The van der Waals surface area contributed by atoms with Crippen LogP contribution in [0, 0.1) is 0 Å². The summed E-state index contributed by atoms with van der Waals surface area (Å²) in [5.74, 6) is -3.51. The van der Waals surface area contributed by atoms with Gasteiger partial charge in [-0.1, -0.05) is 23.4 Å². The van der Waals surface area contributed by atoms with Crippen LogP contribution in [0.2, 0.25) is 0 Å². The molecule has 3 N–H and O–H groups in total. The Labute approximate surface area is 136 Å². The molecule has 1 fully saturated rings. The van der Waals surface area contributed by atoms with Crippen LogP contribution in [0.4, 0.5) is 4.79 Å². The highest BCUT2D eigenvalue weighted by Crippen LogP contribution is 2.22. The third-order valence-corrected chi connectivity index (χ3v) is 3.39. The molecule has 0 bridgehead atoms. The van der Waals surface area contributed by atoms with Gasteiger partial charge in [-0.3, -0.25) is 30.2 Å². The Bertz CT molecular complexity index is 710. The van der Waals surface area contributed by atoms with Gasteiger partial charge in [-0.25, -0.2) is 4.79 Å². The van der Waals surface area contributed by atoms with Crippen molar-refractivity contribution in [2.45, 2.75) is 12.5 Å². The zero-order chi connectivity index (χ0) is 17.9. The molecule has 2 rings (SSSR count). The Hall–Kier alpha value is -3.27. The number of amides is 5. The first-order valence-corrected chi connectivity index (χ1v) is 6.69. The highest BCUT2D eigenvalue weighted by atomic mass is 16.6. The second-order valence-electron chi connectivity index (χ2n) is 4.79. The molecule has 0 unspecified atom stereocenters. The van der Waals surface area contributed by atoms with Crippen molar-refractivity contribution in [3.8, 4) is 0 Å². The summed E-state index contributed by atoms with van der Waals surface area (Å²) in [6, 6.07) is 6.40. The van der Waals surface area contributed by atoms with Crippen molar-refractivity contribution in [2.24, 2.45) is 5.16 Å². The van der Waals surface area contributed by atoms with Gasteiger partial charge in [0.25, 0.3) is 23.3 Å². The Morgan fingerprint density at radius 1 is 1.17 bits per heavy atom. The number of oxime groups is 1. The first-order chi connectivity index (χ1) is 11.4. The highest BCUT2D eigenvalue weighted by Gasteiger charge is 2.60. The minimum Gasteiger partial charge on any atom is -0.399 e. The molecule has 1 aromatic carbocycles. The number of carbonyl (C=O) groups is 4. The number of barbiturate groups is 1. The molecule has 1 aliphatic heterocycles. The van der Waals surface area contributed by atoms with Crippen molar-refractivity contribution in [1.29, 1.82) is 0 Å². The summed E-state index contributed by atoms with van der Waals surface area (Å²) in [5.41, 5.74) is -2.92. The molecule has 1 saturated heterocycles. The molecular formula is C14H14N4O6. The number of imide groups is 2. The SMILES string of the molecule is CON=C(C)C1(N(O)C(=O)c2ccccc2)C(=O)NC(=O)NC1=O. The maximum atomic E-state index is 12.5. The summed E-state index contributed by atoms with van der Waals surface area (Å²) in [5, 5.41) is 17.4. The van der Waals surface area contributed by atoms with Gasteiger partial charge in [-0.05, 0) is 19.1 Å². The van der Waals surface area contributed by atoms with E-state index in [1.807, 2.05) is 10.6 Å².